The zero-order chi connectivity index (χ0) is 11.5. The Bertz CT molecular complexity index is 286. The van der Waals surface area contributed by atoms with E-state index in [4.69, 9.17) is 0 Å². The van der Waals surface area contributed by atoms with E-state index < -0.39 is 9.84 Å². The maximum Gasteiger partial charge on any atom is 0.148 e. The first kappa shape index (κ1) is 12.9. The number of rotatable bonds is 7. The van der Waals surface area contributed by atoms with Crippen LogP contribution in [0.1, 0.15) is 12.8 Å². The second-order valence-electron chi connectivity index (χ2n) is 4.62. The van der Waals surface area contributed by atoms with E-state index in [2.05, 4.69) is 10.2 Å². The van der Waals surface area contributed by atoms with Crippen LogP contribution >= 0.6 is 0 Å². The van der Waals surface area contributed by atoms with Crippen LogP contribution in [0.2, 0.25) is 0 Å². The number of nitrogens with one attached hydrogen (secondary N) is 1. The van der Waals surface area contributed by atoms with Crippen molar-refractivity contribution in [1.29, 1.82) is 0 Å². The molecule has 1 unspecified atom stereocenters. The van der Waals surface area contributed by atoms with E-state index >= 15 is 0 Å². The van der Waals surface area contributed by atoms with E-state index in [1.54, 1.807) is 0 Å². The predicted molar refractivity (Wildman–Crippen MR) is 62.8 cm³/mol. The van der Waals surface area contributed by atoms with Crippen LogP contribution in [-0.2, 0) is 9.84 Å². The van der Waals surface area contributed by atoms with Gasteiger partial charge in [0.1, 0.15) is 9.84 Å². The van der Waals surface area contributed by atoms with Gasteiger partial charge in [0.05, 0.1) is 5.75 Å². The summed E-state index contributed by atoms with van der Waals surface area (Å²) >= 11 is 0. The van der Waals surface area contributed by atoms with E-state index in [9.17, 15) is 8.42 Å². The highest BCUT2D eigenvalue weighted by atomic mass is 32.2. The first-order valence-electron chi connectivity index (χ1n) is 5.46. The lowest BCUT2D eigenvalue weighted by Gasteiger charge is -2.23. The molecule has 1 saturated carbocycles. The van der Waals surface area contributed by atoms with E-state index in [-0.39, 0.29) is 5.75 Å². The topological polar surface area (TPSA) is 49.4 Å². The molecule has 1 fully saturated rings. The maximum atomic E-state index is 11.0. The van der Waals surface area contributed by atoms with Gasteiger partial charge in [-0.2, -0.15) is 0 Å². The lowest BCUT2D eigenvalue weighted by molar-refractivity contribution is 0.293. The summed E-state index contributed by atoms with van der Waals surface area (Å²) in [5.74, 6) is 1.06. The first-order valence-corrected chi connectivity index (χ1v) is 7.52. The number of sulfone groups is 1. The van der Waals surface area contributed by atoms with Crippen molar-refractivity contribution in [3.05, 3.63) is 0 Å². The van der Waals surface area contributed by atoms with Gasteiger partial charge in [0, 0.05) is 25.4 Å². The summed E-state index contributed by atoms with van der Waals surface area (Å²) in [6, 6.07) is 0.523. The van der Waals surface area contributed by atoms with Crippen molar-refractivity contribution in [3.8, 4) is 0 Å². The smallest absolute Gasteiger partial charge is 0.148 e. The van der Waals surface area contributed by atoms with Gasteiger partial charge in [0.2, 0.25) is 0 Å². The van der Waals surface area contributed by atoms with Crippen LogP contribution in [0.4, 0.5) is 0 Å². The van der Waals surface area contributed by atoms with Crippen LogP contribution in [0, 0.1) is 5.92 Å². The fourth-order valence-electron chi connectivity index (χ4n) is 1.72. The minimum absolute atomic E-state index is 0.255. The van der Waals surface area contributed by atoms with Crippen LogP contribution in [0.15, 0.2) is 0 Å². The molecule has 0 bridgehead atoms. The van der Waals surface area contributed by atoms with Gasteiger partial charge in [0.15, 0.2) is 0 Å². The summed E-state index contributed by atoms with van der Waals surface area (Å²) in [5.41, 5.74) is 0. The normalized spacial score (nSPS) is 19.5. The molecule has 1 aliphatic carbocycles. The Kier molecular flexibility index (Phi) is 4.55. The van der Waals surface area contributed by atoms with Crippen LogP contribution in [0.3, 0.4) is 0 Å². The second kappa shape index (κ2) is 5.27. The van der Waals surface area contributed by atoms with Crippen LogP contribution in [-0.4, -0.2) is 58.6 Å². The highest BCUT2D eigenvalue weighted by molar-refractivity contribution is 7.90. The molecule has 4 nitrogen and oxygen atoms in total. The molecular weight excluding hydrogens is 212 g/mol. The Balaban J connectivity index is 2.24. The third kappa shape index (κ3) is 5.49. The van der Waals surface area contributed by atoms with Gasteiger partial charge < -0.3 is 10.2 Å². The van der Waals surface area contributed by atoms with Gasteiger partial charge in [-0.1, -0.05) is 0 Å². The van der Waals surface area contributed by atoms with Crippen molar-refractivity contribution >= 4 is 9.84 Å². The van der Waals surface area contributed by atoms with Crippen LogP contribution < -0.4 is 5.32 Å². The molecule has 0 aromatic carbocycles. The molecule has 0 aromatic heterocycles. The Hall–Kier alpha value is -0.130. The molecule has 0 aliphatic heterocycles. The van der Waals surface area contributed by atoms with Crippen molar-refractivity contribution in [2.45, 2.75) is 18.9 Å². The van der Waals surface area contributed by atoms with E-state index in [1.807, 2.05) is 14.1 Å². The molecule has 90 valence electrons. The number of hydrogen-bond donors (Lipinski definition) is 1. The summed E-state index contributed by atoms with van der Waals surface area (Å²) in [4.78, 5) is 2.10. The summed E-state index contributed by atoms with van der Waals surface area (Å²) in [5, 5.41) is 3.30. The lowest BCUT2D eigenvalue weighted by Crippen LogP contribution is -2.40. The monoisotopic (exact) mass is 234 g/mol. The van der Waals surface area contributed by atoms with Gasteiger partial charge in [-0.05, 0) is 32.9 Å². The quantitative estimate of drug-likeness (QED) is 0.671. The lowest BCUT2D eigenvalue weighted by atomic mass is 10.2. The van der Waals surface area contributed by atoms with Crippen molar-refractivity contribution in [1.82, 2.24) is 10.2 Å². The molecule has 5 heteroatoms. The maximum absolute atomic E-state index is 11.0. The minimum atomic E-state index is -2.83. The zero-order valence-electron chi connectivity index (χ0n) is 9.86. The molecule has 1 rings (SSSR count). The first-order chi connectivity index (χ1) is 6.92. The molecule has 0 heterocycles. The highest BCUT2D eigenvalue weighted by Crippen LogP contribution is 2.32. The summed E-state index contributed by atoms with van der Waals surface area (Å²) in [6.07, 6.45) is 3.91. The molecule has 0 aromatic rings. The Morgan fingerprint density at radius 3 is 2.47 bits per heavy atom. The van der Waals surface area contributed by atoms with Crippen molar-refractivity contribution in [3.63, 3.8) is 0 Å². The average molecular weight is 234 g/mol. The fourth-order valence-corrected chi connectivity index (χ4v) is 2.37. The fraction of sp³-hybridized carbons (Fsp3) is 1.00. The van der Waals surface area contributed by atoms with Crippen LogP contribution in [0.25, 0.3) is 0 Å². The Labute approximate surface area is 93.0 Å². The standard InChI is InChI=1S/C10H22N2O2S/c1-11-10(9-4-5-9)8-12(2)6-7-15(3,13)14/h9-11H,4-8H2,1-3H3. The molecule has 0 saturated heterocycles. The van der Waals surface area contributed by atoms with Crippen LogP contribution in [0.5, 0.6) is 0 Å². The Morgan fingerprint density at radius 2 is 2.07 bits per heavy atom. The molecular formula is C10H22N2O2S. The van der Waals surface area contributed by atoms with Crippen molar-refractivity contribution in [2.75, 3.05) is 39.2 Å². The molecule has 1 atom stereocenters. The molecule has 0 amide bonds. The van der Waals surface area contributed by atoms with E-state index in [0.717, 1.165) is 12.5 Å². The number of nitrogens with zero attached hydrogens (tertiary/aromatic N) is 1. The largest absolute Gasteiger partial charge is 0.315 e. The summed E-state index contributed by atoms with van der Waals surface area (Å²) in [6.45, 7) is 1.57. The van der Waals surface area contributed by atoms with E-state index in [1.165, 1.54) is 19.1 Å². The van der Waals surface area contributed by atoms with Gasteiger partial charge in [-0.3, -0.25) is 0 Å². The highest BCUT2D eigenvalue weighted by Gasteiger charge is 2.30. The van der Waals surface area contributed by atoms with Gasteiger partial charge in [-0.25, -0.2) is 8.42 Å². The third-order valence-corrected chi connectivity index (χ3v) is 3.84. The SMILES string of the molecule is CNC(CN(C)CCS(C)(=O)=O)C1CC1. The summed E-state index contributed by atoms with van der Waals surface area (Å²) < 4.78 is 22.0. The third-order valence-electron chi connectivity index (χ3n) is 2.91. The summed E-state index contributed by atoms with van der Waals surface area (Å²) in [7, 11) is 1.14. The Morgan fingerprint density at radius 1 is 1.47 bits per heavy atom. The van der Waals surface area contributed by atoms with Crippen molar-refractivity contribution < 1.29 is 8.42 Å². The second-order valence-corrected chi connectivity index (χ2v) is 6.88. The molecule has 1 N–H and O–H groups in total. The van der Waals surface area contributed by atoms with Gasteiger partial charge in [0.25, 0.3) is 0 Å². The van der Waals surface area contributed by atoms with Gasteiger partial charge in [-0.15, -0.1) is 0 Å². The zero-order valence-corrected chi connectivity index (χ0v) is 10.7. The molecule has 0 radical (unpaired) electrons. The molecule has 15 heavy (non-hydrogen) atoms. The minimum Gasteiger partial charge on any atom is -0.315 e. The van der Waals surface area contributed by atoms with Crippen molar-refractivity contribution in [2.24, 2.45) is 5.92 Å². The average Bonchev–Trinajstić information content (AvgIpc) is 2.93. The molecule has 1 aliphatic rings. The molecule has 0 spiro atoms. The van der Waals surface area contributed by atoms with E-state index in [0.29, 0.717) is 12.6 Å². The van der Waals surface area contributed by atoms with Gasteiger partial charge >= 0.3 is 0 Å². The number of likely N-dealkylation sites (N-methyl/N-ethyl adjacent to an activating group) is 2. The predicted octanol–water partition coefficient (Wildman–Crippen LogP) is -0.0392. The number of hydrogen-bond acceptors (Lipinski definition) is 4.